The van der Waals surface area contributed by atoms with E-state index in [9.17, 15) is 61.3 Å². The maximum Gasteiger partial charge on any atom is 0.187 e. The summed E-state index contributed by atoms with van der Waals surface area (Å²) < 4.78 is 23.9. The van der Waals surface area contributed by atoms with Gasteiger partial charge in [0, 0.05) is 24.2 Å². The Morgan fingerprint density at radius 1 is 0.519 bits per heavy atom. The monoisotopic (exact) mass is 749 g/mol. The Bertz CT molecular complexity index is 1170. The van der Waals surface area contributed by atoms with Crippen LogP contribution in [0.4, 0.5) is 0 Å². The predicted octanol–water partition coefficient (Wildman–Crippen LogP) is -3.85. The predicted molar refractivity (Wildman–Crippen MR) is 177 cm³/mol. The average Bonchev–Trinajstić information content (AvgIpc) is 3.10. The van der Waals surface area contributed by atoms with Gasteiger partial charge in [0.05, 0.1) is 79.5 Å². The summed E-state index contributed by atoms with van der Waals surface area (Å²) in [6.45, 7) is -0.632. The first-order chi connectivity index (χ1) is 24.8. The van der Waals surface area contributed by atoms with Crippen molar-refractivity contribution in [1.82, 2.24) is 0 Å². The maximum absolute atomic E-state index is 12.3. The summed E-state index contributed by atoms with van der Waals surface area (Å²) in [5.41, 5.74) is 0. The Kier molecular flexibility index (Phi) is 12.2. The lowest BCUT2D eigenvalue weighted by Gasteiger charge is -2.58. The van der Waals surface area contributed by atoms with Crippen molar-refractivity contribution in [1.29, 1.82) is 0 Å². The minimum Gasteiger partial charge on any atom is -0.426 e. The molecule has 16 nitrogen and oxygen atoms in total. The van der Waals surface area contributed by atoms with Gasteiger partial charge in [-0.25, -0.2) is 0 Å². The normalized spacial score (nSPS) is 57.5. The molecule has 0 aromatic rings. The van der Waals surface area contributed by atoms with Crippen LogP contribution in [0.15, 0.2) is 0 Å². The van der Waals surface area contributed by atoms with Crippen LogP contribution in [0.25, 0.3) is 0 Å². The zero-order valence-corrected chi connectivity index (χ0v) is 29.4. The van der Waals surface area contributed by atoms with Gasteiger partial charge in [-0.2, -0.15) is 0 Å². The van der Waals surface area contributed by atoms with Gasteiger partial charge in [0.15, 0.2) is 18.5 Å². The third-order valence-electron chi connectivity index (χ3n) is 14.0. The molecular weight excluding hydrogens is 688 g/mol. The second-order valence-corrected chi connectivity index (χ2v) is 17.1. The Hall–Kier alpha value is -0.640. The van der Waals surface area contributed by atoms with E-state index in [1.54, 1.807) is 0 Å². The molecule has 52 heavy (non-hydrogen) atoms. The van der Waals surface area contributed by atoms with Gasteiger partial charge < -0.3 is 80.2 Å². The van der Waals surface area contributed by atoms with Gasteiger partial charge >= 0.3 is 0 Å². The summed E-state index contributed by atoms with van der Waals surface area (Å²) in [7, 11) is 0. The number of aliphatic hydroxyl groups excluding tert-OH is 12. The molecule has 4 aliphatic carbocycles. The first kappa shape index (κ1) is 39.6. The van der Waals surface area contributed by atoms with Crippen LogP contribution in [-0.2, 0) is 14.2 Å². The molecule has 0 aromatic heterocycles. The summed E-state index contributed by atoms with van der Waals surface area (Å²) >= 11 is 0. The number of ether oxygens (including phenoxy) is 4. The summed E-state index contributed by atoms with van der Waals surface area (Å²) in [5, 5.41) is 131. The standard InChI is InChI=1S/C36H60O16/c37-12-25-29(45)31(47)32(48)36(51-25)50-24-10-17-19(41)11-22(44)27(35(17)52-33(24)13-1-4-15(38)5-2-13)28-26-21(43)8-16(39)9-23(26)49-34(30(28)46)14-3-6-18(40)20(42)7-14/h13-48H,1-12H2/p+1/t13?,14?,15?,16?,17?,18?,19?,20?,21?,22?,23?,24?,25-,26?,27?,28+,29-,30+,31+,32-,33?,34-,35?,36-/m1/s1. The lowest BCUT2D eigenvalue weighted by atomic mass is 9.57. The maximum atomic E-state index is 12.3. The highest BCUT2D eigenvalue weighted by Gasteiger charge is 2.64. The van der Waals surface area contributed by atoms with E-state index in [4.69, 9.17) is 18.9 Å². The van der Waals surface area contributed by atoms with E-state index in [1.165, 1.54) is 0 Å². The molecule has 3 saturated heterocycles. The number of hydrogen-bond acceptors (Lipinski definition) is 15. The SMILES string of the molecule is OC[C@H]1O[C@@H](OC2CC3C(O)CC(O)C([C@@H]4C5C(O)CC(O)CC5O[C@H](C5CCC(O)C(O)C5)[C@H]4O)C3[OH+]C2C2CCC(O)CC2)[C@H](O)[C@@H](O)[C@@H]1O. The average molecular weight is 750 g/mol. The summed E-state index contributed by atoms with van der Waals surface area (Å²) in [5.74, 6) is -3.25. The second kappa shape index (κ2) is 16.1. The highest BCUT2D eigenvalue weighted by Crippen LogP contribution is 2.53. The Morgan fingerprint density at radius 2 is 1.21 bits per heavy atom. The smallest absolute Gasteiger partial charge is 0.187 e. The van der Waals surface area contributed by atoms with Crippen LogP contribution in [0.5, 0.6) is 0 Å². The fourth-order valence-corrected chi connectivity index (χ4v) is 11.3. The van der Waals surface area contributed by atoms with Crippen molar-refractivity contribution < 1.29 is 80.2 Å². The third-order valence-corrected chi connectivity index (χ3v) is 14.0. The van der Waals surface area contributed by atoms with Gasteiger partial charge in [0.2, 0.25) is 0 Å². The molecule has 0 radical (unpaired) electrons. The lowest BCUT2D eigenvalue weighted by Crippen LogP contribution is -2.69. The molecule has 13 N–H and O–H groups in total. The number of rotatable bonds is 6. The van der Waals surface area contributed by atoms with Crippen molar-refractivity contribution in [2.75, 3.05) is 6.61 Å². The van der Waals surface area contributed by atoms with E-state index in [-0.39, 0.29) is 43.9 Å². The Balaban J connectivity index is 1.21. The molecule has 7 fully saturated rings. The number of aliphatic hydroxyl groups is 14. The van der Waals surface area contributed by atoms with Gasteiger partial charge in [-0.1, -0.05) is 0 Å². The summed E-state index contributed by atoms with van der Waals surface area (Å²) in [6, 6.07) is 0. The van der Waals surface area contributed by atoms with Crippen molar-refractivity contribution in [3.05, 3.63) is 0 Å². The molecule has 0 amide bonds. The van der Waals surface area contributed by atoms with Crippen LogP contribution in [0.1, 0.15) is 70.6 Å². The number of hydrogen-bond donors (Lipinski definition) is 12. The zero-order chi connectivity index (χ0) is 37.2. The highest BCUT2D eigenvalue weighted by atomic mass is 16.7. The van der Waals surface area contributed by atoms with Gasteiger partial charge in [0.25, 0.3) is 0 Å². The first-order valence-corrected chi connectivity index (χ1v) is 19.5. The van der Waals surface area contributed by atoms with E-state index in [2.05, 4.69) is 0 Å². The fraction of sp³-hybridized carbons (Fsp3) is 1.00. The molecule has 4 saturated carbocycles. The van der Waals surface area contributed by atoms with Crippen molar-refractivity contribution in [3.63, 3.8) is 0 Å². The second-order valence-electron chi connectivity index (χ2n) is 17.1. The minimum absolute atomic E-state index is 0.0480. The van der Waals surface area contributed by atoms with Crippen LogP contribution in [0.3, 0.4) is 0 Å². The fourth-order valence-electron chi connectivity index (χ4n) is 11.3. The van der Waals surface area contributed by atoms with Crippen molar-refractivity contribution in [2.24, 2.45) is 35.5 Å². The van der Waals surface area contributed by atoms with Crippen LogP contribution in [-0.4, -0.2) is 183 Å². The summed E-state index contributed by atoms with van der Waals surface area (Å²) in [6.07, 6.45) is -15.1. The van der Waals surface area contributed by atoms with E-state index in [0.717, 1.165) is 0 Å². The molecule has 300 valence electrons. The van der Waals surface area contributed by atoms with Gasteiger partial charge in [0.1, 0.15) is 30.5 Å². The molecule has 0 bridgehead atoms. The molecule has 22 atom stereocenters. The van der Waals surface area contributed by atoms with Crippen molar-refractivity contribution in [3.8, 4) is 0 Å². The van der Waals surface area contributed by atoms with E-state index >= 15 is 0 Å². The molecule has 0 aromatic carbocycles. The Labute approximate surface area is 302 Å². The molecular formula is C36H61O16+. The highest BCUT2D eigenvalue weighted by molar-refractivity contribution is 5.09. The third kappa shape index (κ3) is 7.46. The number of fused-ring (bicyclic) bond motifs is 2. The lowest BCUT2D eigenvalue weighted by molar-refractivity contribution is -0.370. The van der Waals surface area contributed by atoms with E-state index in [0.29, 0.717) is 38.5 Å². The van der Waals surface area contributed by atoms with Crippen molar-refractivity contribution in [2.45, 2.75) is 181 Å². The van der Waals surface area contributed by atoms with Crippen LogP contribution in [0, 0.1) is 35.5 Å². The molecule has 0 spiro atoms. The first-order valence-electron chi connectivity index (χ1n) is 19.5. The zero-order valence-electron chi connectivity index (χ0n) is 29.4. The van der Waals surface area contributed by atoms with Crippen molar-refractivity contribution >= 4 is 0 Å². The largest absolute Gasteiger partial charge is 0.426 e. The van der Waals surface area contributed by atoms with Gasteiger partial charge in [-0.3, -0.25) is 0 Å². The van der Waals surface area contributed by atoms with Crippen LogP contribution in [0.2, 0.25) is 0 Å². The molecule has 3 aliphatic heterocycles. The van der Waals surface area contributed by atoms with E-state index < -0.39 is 140 Å². The summed E-state index contributed by atoms with van der Waals surface area (Å²) in [4.78, 5) is 0. The topological polar surface area (TPSA) is 283 Å². The quantitative estimate of drug-likeness (QED) is 0.116. The molecule has 16 heteroatoms. The van der Waals surface area contributed by atoms with E-state index in [1.807, 2.05) is 0 Å². The molecule has 7 rings (SSSR count). The molecule has 14 unspecified atom stereocenters. The minimum atomic E-state index is -1.66. The van der Waals surface area contributed by atoms with Gasteiger partial charge in [-0.05, 0) is 70.1 Å². The van der Waals surface area contributed by atoms with Gasteiger partial charge in [-0.15, -0.1) is 0 Å². The Morgan fingerprint density at radius 3 is 1.90 bits per heavy atom. The molecule has 7 aliphatic rings. The van der Waals surface area contributed by atoms with Crippen LogP contribution < -0.4 is 0 Å². The molecule has 3 heterocycles. The van der Waals surface area contributed by atoms with Crippen LogP contribution >= 0.6 is 0 Å².